The largest absolute Gasteiger partial charge is 0.497 e. The smallest absolute Gasteiger partial charge is 0.258 e. The number of aromatic nitrogens is 1. The number of benzene rings is 2. The Balaban J connectivity index is 2.50. The fourth-order valence-electron chi connectivity index (χ4n) is 3.99. The zero-order valence-electron chi connectivity index (χ0n) is 17.2. The number of pyridine rings is 1. The summed E-state index contributed by atoms with van der Waals surface area (Å²) in [6.07, 6.45) is 2.54. The first-order valence-electron chi connectivity index (χ1n) is 9.66. The summed E-state index contributed by atoms with van der Waals surface area (Å²) in [7, 11) is 3.42. The molecule has 0 aliphatic rings. The Morgan fingerprint density at radius 3 is 2.46 bits per heavy atom. The molecule has 0 spiro atoms. The van der Waals surface area contributed by atoms with Crippen LogP contribution in [-0.4, -0.2) is 18.0 Å². The van der Waals surface area contributed by atoms with Crippen LogP contribution in [0.25, 0.3) is 21.9 Å². The lowest BCUT2D eigenvalue weighted by Gasteiger charge is -2.23. The maximum absolute atomic E-state index is 13.1. The van der Waals surface area contributed by atoms with Gasteiger partial charge in [-0.2, -0.15) is 0 Å². The average molecular weight is 377 g/mol. The molecule has 0 aliphatic heterocycles. The molecule has 3 rings (SSSR count). The van der Waals surface area contributed by atoms with E-state index >= 15 is 0 Å². The second kappa shape index (κ2) is 8.01. The molecule has 0 bridgehead atoms. The van der Waals surface area contributed by atoms with Crippen molar-refractivity contribution in [3.8, 4) is 16.9 Å². The molecule has 4 heteroatoms. The van der Waals surface area contributed by atoms with E-state index in [0.717, 1.165) is 51.8 Å². The van der Waals surface area contributed by atoms with Crippen LogP contribution in [-0.2, 0) is 11.8 Å². The first-order chi connectivity index (χ1) is 13.4. The Morgan fingerprint density at radius 2 is 1.86 bits per heavy atom. The van der Waals surface area contributed by atoms with Gasteiger partial charge in [-0.3, -0.25) is 4.79 Å². The first-order valence-corrected chi connectivity index (χ1v) is 9.66. The maximum atomic E-state index is 13.1. The molecular weight excluding hydrogens is 350 g/mol. The predicted octanol–water partition coefficient (Wildman–Crippen LogP) is 4.91. The lowest BCUT2D eigenvalue weighted by Crippen LogP contribution is -2.24. The van der Waals surface area contributed by atoms with E-state index in [2.05, 4.69) is 6.92 Å². The van der Waals surface area contributed by atoms with Crippen molar-refractivity contribution in [2.45, 2.75) is 39.5 Å². The lowest BCUT2D eigenvalue weighted by molar-refractivity contribution is -0.109. The second-order valence-corrected chi connectivity index (χ2v) is 7.39. The predicted molar refractivity (Wildman–Crippen MR) is 114 cm³/mol. The number of aldehydes is 1. The van der Waals surface area contributed by atoms with Crippen LogP contribution in [0, 0.1) is 13.8 Å². The van der Waals surface area contributed by atoms with Gasteiger partial charge in [-0.1, -0.05) is 37.1 Å². The number of hydrogen-bond acceptors (Lipinski definition) is 3. The number of rotatable bonds is 6. The summed E-state index contributed by atoms with van der Waals surface area (Å²) in [5, 5.41) is 1.57. The summed E-state index contributed by atoms with van der Waals surface area (Å²) in [4.78, 5) is 25.1. The Labute approximate surface area is 165 Å². The summed E-state index contributed by atoms with van der Waals surface area (Å²) in [6.45, 7) is 6.10. The number of fused-ring (bicyclic) bond motifs is 1. The maximum Gasteiger partial charge on any atom is 0.258 e. The van der Waals surface area contributed by atoms with E-state index in [4.69, 9.17) is 4.74 Å². The fraction of sp³-hybridized carbons (Fsp3) is 0.333. The highest BCUT2D eigenvalue weighted by Gasteiger charge is 2.23. The highest BCUT2D eigenvalue weighted by atomic mass is 16.5. The Kier molecular flexibility index (Phi) is 5.68. The summed E-state index contributed by atoms with van der Waals surface area (Å²) >= 11 is 0. The SMILES string of the molecule is CCCC(C=O)c1c(-c2ccc(OC)cc2C)c2cc(C)ccc2c(=O)n1C. The summed E-state index contributed by atoms with van der Waals surface area (Å²) < 4.78 is 7.02. The van der Waals surface area contributed by atoms with Gasteiger partial charge >= 0.3 is 0 Å². The molecule has 1 aromatic heterocycles. The molecule has 0 amide bonds. The van der Waals surface area contributed by atoms with Gasteiger partial charge in [0, 0.05) is 23.7 Å². The number of ether oxygens (including phenoxy) is 1. The molecule has 0 saturated carbocycles. The lowest BCUT2D eigenvalue weighted by atomic mass is 9.87. The van der Waals surface area contributed by atoms with E-state index in [1.807, 2.05) is 50.2 Å². The quantitative estimate of drug-likeness (QED) is 0.573. The van der Waals surface area contributed by atoms with Crippen LogP contribution in [0.1, 0.15) is 42.5 Å². The van der Waals surface area contributed by atoms with Crippen molar-refractivity contribution in [2.75, 3.05) is 7.11 Å². The van der Waals surface area contributed by atoms with Crippen molar-refractivity contribution in [1.82, 2.24) is 4.57 Å². The van der Waals surface area contributed by atoms with Crippen molar-refractivity contribution < 1.29 is 9.53 Å². The van der Waals surface area contributed by atoms with Crippen LogP contribution in [0.5, 0.6) is 5.75 Å². The van der Waals surface area contributed by atoms with E-state index in [1.54, 1.807) is 18.7 Å². The van der Waals surface area contributed by atoms with Crippen LogP contribution in [0.3, 0.4) is 0 Å². The van der Waals surface area contributed by atoms with Crippen LogP contribution in [0.2, 0.25) is 0 Å². The third-order valence-electron chi connectivity index (χ3n) is 5.42. The zero-order valence-corrected chi connectivity index (χ0v) is 17.2. The third kappa shape index (κ3) is 3.35. The van der Waals surface area contributed by atoms with Gasteiger partial charge in [0.1, 0.15) is 12.0 Å². The normalized spacial score (nSPS) is 12.2. The number of nitrogens with zero attached hydrogens (tertiary/aromatic N) is 1. The molecule has 2 aromatic carbocycles. The van der Waals surface area contributed by atoms with Gasteiger partial charge in [-0.25, -0.2) is 0 Å². The highest BCUT2D eigenvalue weighted by Crippen LogP contribution is 2.38. The van der Waals surface area contributed by atoms with E-state index in [0.29, 0.717) is 11.8 Å². The van der Waals surface area contributed by atoms with Gasteiger partial charge in [-0.15, -0.1) is 0 Å². The topological polar surface area (TPSA) is 48.3 Å². The number of carbonyl (C=O) groups excluding carboxylic acids is 1. The summed E-state index contributed by atoms with van der Waals surface area (Å²) in [6, 6.07) is 11.8. The number of hydrogen-bond donors (Lipinski definition) is 0. The zero-order chi connectivity index (χ0) is 20.4. The monoisotopic (exact) mass is 377 g/mol. The highest BCUT2D eigenvalue weighted by molar-refractivity contribution is 5.99. The van der Waals surface area contributed by atoms with Gasteiger partial charge < -0.3 is 14.1 Å². The third-order valence-corrected chi connectivity index (χ3v) is 5.42. The van der Waals surface area contributed by atoms with Crippen LogP contribution in [0.15, 0.2) is 41.2 Å². The van der Waals surface area contributed by atoms with Crippen molar-refractivity contribution in [2.24, 2.45) is 7.05 Å². The molecule has 28 heavy (non-hydrogen) atoms. The van der Waals surface area contributed by atoms with Crippen molar-refractivity contribution >= 4 is 17.1 Å². The molecule has 0 N–H and O–H groups in total. The van der Waals surface area contributed by atoms with E-state index in [9.17, 15) is 9.59 Å². The van der Waals surface area contributed by atoms with E-state index < -0.39 is 0 Å². The molecule has 1 unspecified atom stereocenters. The minimum absolute atomic E-state index is 0.0668. The van der Waals surface area contributed by atoms with Crippen molar-refractivity contribution in [1.29, 1.82) is 0 Å². The molecule has 0 saturated heterocycles. The first kappa shape index (κ1) is 19.9. The number of methoxy groups -OCH3 is 1. The summed E-state index contributed by atoms with van der Waals surface area (Å²) in [5.41, 5.74) is 4.83. The molecule has 4 nitrogen and oxygen atoms in total. The van der Waals surface area contributed by atoms with Crippen molar-refractivity contribution in [3.05, 3.63) is 63.6 Å². The van der Waals surface area contributed by atoms with E-state index in [-0.39, 0.29) is 11.5 Å². The minimum atomic E-state index is -0.330. The fourth-order valence-corrected chi connectivity index (χ4v) is 3.99. The summed E-state index contributed by atoms with van der Waals surface area (Å²) in [5.74, 6) is 0.456. The molecule has 0 radical (unpaired) electrons. The molecule has 3 aromatic rings. The number of carbonyl (C=O) groups is 1. The standard InChI is InChI=1S/C24H27NO3/c1-6-7-17(14-26)23-22(19-11-9-18(28-5)13-16(19)3)21-12-15(2)8-10-20(21)24(27)25(23)4/h8-14,17H,6-7H2,1-5H3. The van der Waals surface area contributed by atoms with E-state index in [1.165, 1.54) is 0 Å². The van der Waals surface area contributed by atoms with Crippen LogP contribution in [0.4, 0.5) is 0 Å². The Morgan fingerprint density at radius 1 is 1.11 bits per heavy atom. The average Bonchev–Trinajstić information content (AvgIpc) is 2.69. The molecule has 1 atom stereocenters. The minimum Gasteiger partial charge on any atom is -0.497 e. The molecule has 146 valence electrons. The molecule has 1 heterocycles. The van der Waals surface area contributed by atoms with Gasteiger partial charge in [0.2, 0.25) is 0 Å². The van der Waals surface area contributed by atoms with Gasteiger partial charge in [-0.05, 0) is 55.0 Å². The van der Waals surface area contributed by atoms with Crippen LogP contribution >= 0.6 is 0 Å². The van der Waals surface area contributed by atoms with Crippen LogP contribution < -0.4 is 10.3 Å². The Bertz CT molecular complexity index is 1100. The van der Waals surface area contributed by atoms with Gasteiger partial charge in [0.25, 0.3) is 5.56 Å². The second-order valence-electron chi connectivity index (χ2n) is 7.39. The number of aryl methyl sites for hydroxylation is 2. The van der Waals surface area contributed by atoms with Gasteiger partial charge in [0.15, 0.2) is 0 Å². The molecular formula is C24H27NO3. The molecule has 0 aliphatic carbocycles. The molecule has 0 fully saturated rings. The Hall–Kier alpha value is -2.88. The van der Waals surface area contributed by atoms with Crippen molar-refractivity contribution in [3.63, 3.8) is 0 Å². The van der Waals surface area contributed by atoms with Gasteiger partial charge in [0.05, 0.1) is 13.0 Å².